The summed E-state index contributed by atoms with van der Waals surface area (Å²) in [6.45, 7) is 9.21. The Hall–Kier alpha value is -3.86. The van der Waals surface area contributed by atoms with E-state index in [0.29, 0.717) is 32.8 Å². The lowest BCUT2D eigenvalue weighted by Gasteiger charge is -2.43. The molecule has 1 aliphatic carbocycles. The van der Waals surface area contributed by atoms with Crippen LogP contribution in [-0.2, 0) is 17.8 Å². The van der Waals surface area contributed by atoms with Crippen molar-refractivity contribution in [3.05, 3.63) is 112 Å². The van der Waals surface area contributed by atoms with E-state index >= 15 is 0 Å². The van der Waals surface area contributed by atoms with Gasteiger partial charge in [0.15, 0.2) is 0 Å². The molecule has 2 amide bonds. The zero-order valence-corrected chi connectivity index (χ0v) is 23.3. The van der Waals surface area contributed by atoms with E-state index in [1.54, 1.807) is 0 Å². The van der Waals surface area contributed by atoms with E-state index < -0.39 is 0 Å². The molecule has 3 aromatic rings. The Labute approximate surface area is 232 Å². The van der Waals surface area contributed by atoms with Gasteiger partial charge in [0, 0.05) is 31.7 Å². The minimum atomic E-state index is -0.238. The van der Waals surface area contributed by atoms with Crippen molar-refractivity contribution >= 4 is 17.6 Å². The van der Waals surface area contributed by atoms with Gasteiger partial charge in [-0.25, -0.2) is 4.79 Å². The van der Waals surface area contributed by atoms with Crippen molar-refractivity contribution in [2.24, 2.45) is 5.41 Å². The first kappa shape index (κ1) is 26.7. The molecule has 1 spiro atoms. The number of benzene rings is 3. The van der Waals surface area contributed by atoms with Crippen LogP contribution in [0.15, 0.2) is 78.9 Å². The van der Waals surface area contributed by atoms with Crippen LogP contribution in [0.25, 0.3) is 5.57 Å². The summed E-state index contributed by atoms with van der Waals surface area (Å²) >= 11 is 0. The molecule has 0 saturated carbocycles. The Bertz CT molecular complexity index is 1350. The number of likely N-dealkylation sites (tertiary alicyclic amines) is 1. The highest BCUT2D eigenvalue weighted by atomic mass is 16.6. The molecular formula is C34H38N2O3. The smallest absolute Gasteiger partial charge is 0.410 e. The maximum atomic E-state index is 12.9. The SMILES string of the molecule is CCN(CC)C(=O)c1ccc(C2=CC3(CCN(C(=O)OCc4ccccc4)CC3)Cc3ccc(C)cc32)cc1. The Balaban J connectivity index is 1.35. The van der Waals surface area contributed by atoms with Crippen molar-refractivity contribution < 1.29 is 14.3 Å². The van der Waals surface area contributed by atoms with Gasteiger partial charge in [0.2, 0.25) is 0 Å². The lowest BCUT2D eigenvalue weighted by molar-refractivity contribution is 0.0721. The van der Waals surface area contributed by atoms with Crippen LogP contribution in [0.4, 0.5) is 4.79 Å². The summed E-state index contributed by atoms with van der Waals surface area (Å²) in [6, 6.07) is 24.6. The minimum Gasteiger partial charge on any atom is -0.445 e. The maximum absolute atomic E-state index is 12.9. The first-order chi connectivity index (χ1) is 18.9. The fraction of sp³-hybridized carbons (Fsp3) is 0.353. The van der Waals surface area contributed by atoms with Gasteiger partial charge in [0.05, 0.1) is 0 Å². The maximum Gasteiger partial charge on any atom is 0.410 e. The molecule has 0 radical (unpaired) electrons. The summed E-state index contributed by atoms with van der Waals surface area (Å²) in [5.41, 5.74) is 7.91. The van der Waals surface area contributed by atoms with E-state index in [1.165, 1.54) is 22.3 Å². The predicted octanol–water partition coefficient (Wildman–Crippen LogP) is 6.88. The summed E-state index contributed by atoms with van der Waals surface area (Å²) in [5, 5.41) is 0. The lowest BCUT2D eigenvalue weighted by Crippen LogP contribution is -2.44. The largest absolute Gasteiger partial charge is 0.445 e. The standard InChI is InChI=1S/C34H38N2O3/c1-4-35(5-2)32(37)28-15-13-27(14-16-28)31-23-34(22-29-12-11-25(3)21-30(29)31)17-19-36(20-18-34)33(38)39-24-26-9-7-6-8-10-26/h6-16,21,23H,4-5,17-20,22,24H2,1-3H3. The van der Waals surface area contributed by atoms with E-state index in [0.717, 1.165) is 36.0 Å². The Morgan fingerprint density at radius 3 is 2.28 bits per heavy atom. The van der Waals surface area contributed by atoms with Gasteiger partial charge < -0.3 is 14.5 Å². The van der Waals surface area contributed by atoms with Crippen molar-refractivity contribution in [3.8, 4) is 0 Å². The van der Waals surface area contributed by atoms with Gasteiger partial charge in [0.25, 0.3) is 5.91 Å². The Kier molecular flexibility index (Phi) is 7.87. The first-order valence-electron chi connectivity index (χ1n) is 14.1. The van der Waals surface area contributed by atoms with Gasteiger partial charge in [-0.2, -0.15) is 0 Å². The number of amides is 2. The molecule has 3 aromatic carbocycles. The Morgan fingerprint density at radius 1 is 0.923 bits per heavy atom. The molecule has 0 atom stereocenters. The number of ether oxygens (including phenoxy) is 1. The second-order valence-electron chi connectivity index (χ2n) is 10.8. The normalized spacial score (nSPS) is 15.9. The van der Waals surface area contributed by atoms with Gasteiger partial charge in [-0.3, -0.25) is 4.79 Å². The van der Waals surface area contributed by atoms with Gasteiger partial charge in [-0.05, 0) is 85.4 Å². The second kappa shape index (κ2) is 11.5. The van der Waals surface area contributed by atoms with Crippen LogP contribution in [0.3, 0.4) is 0 Å². The van der Waals surface area contributed by atoms with Crippen molar-refractivity contribution in [1.29, 1.82) is 0 Å². The Morgan fingerprint density at radius 2 is 1.62 bits per heavy atom. The molecule has 1 heterocycles. The number of rotatable bonds is 6. The minimum absolute atomic E-state index is 0.0104. The number of carbonyl (C=O) groups excluding carboxylic acids is 2. The number of nitrogens with zero attached hydrogens (tertiary/aromatic N) is 2. The summed E-state index contributed by atoms with van der Waals surface area (Å²) in [4.78, 5) is 29.4. The van der Waals surface area contributed by atoms with Gasteiger partial charge in [0.1, 0.15) is 6.61 Å². The van der Waals surface area contributed by atoms with Crippen LogP contribution in [-0.4, -0.2) is 48.0 Å². The molecule has 5 rings (SSSR count). The molecule has 0 bridgehead atoms. The number of carbonyl (C=O) groups is 2. The molecule has 0 aromatic heterocycles. The third-order valence-corrected chi connectivity index (χ3v) is 8.26. The number of aryl methyl sites for hydroxylation is 1. The van der Waals surface area contributed by atoms with E-state index in [2.05, 4.69) is 43.3 Å². The van der Waals surface area contributed by atoms with E-state index in [4.69, 9.17) is 4.74 Å². The average molecular weight is 523 g/mol. The molecule has 39 heavy (non-hydrogen) atoms. The third kappa shape index (κ3) is 5.78. The summed E-state index contributed by atoms with van der Waals surface area (Å²) < 4.78 is 5.61. The molecule has 202 valence electrons. The second-order valence-corrected chi connectivity index (χ2v) is 10.8. The van der Waals surface area contributed by atoms with E-state index in [1.807, 2.05) is 66.1 Å². The predicted molar refractivity (Wildman–Crippen MR) is 156 cm³/mol. The quantitative estimate of drug-likeness (QED) is 0.354. The molecule has 0 N–H and O–H groups in total. The molecular weight excluding hydrogens is 484 g/mol. The zero-order chi connectivity index (χ0) is 27.4. The fourth-order valence-electron chi connectivity index (χ4n) is 5.90. The number of allylic oxidation sites excluding steroid dienone is 1. The van der Waals surface area contributed by atoms with Crippen LogP contribution in [0.5, 0.6) is 0 Å². The third-order valence-electron chi connectivity index (χ3n) is 8.26. The molecule has 1 saturated heterocycles. The van der Waals surface area contributed by atoms with Crippen molar-refractivity contribution in [1.82, 2.24) is 9.80 Å². The van der Waals surface area contributed by atoms with E-state index in [9.17, 15) is 9.59 Å². The zero-order valence-electron chi connectivity index (χ0n) is 23.3. The average Bonchev–Trinajstić information content (AvgIpc) is 2.97. The summed E-state index contributed by atoms with van der Waals surface area (Å²) in [7, 11) is 0. The van der Waals surface area contributed by atoms with Crippen molar-refractivity contribution in [2.75, 3.05) is 26.2 Å². The number of hydrogen-bond donors (Lipinski definition) is 0. The van der Waals surface area contributed by atoms with E-state index in [-0.39, 0.29) is 17.4 Å². The fourth-order valence-corrected chi connectivity index (χ4v) is 5.90. The van der Waals surface area contributed by atoms with Crippen LogP contribution < -0.4 is 0 Å². The monoisotopic (exact) mass is 522 g/mol. The molecule has 1 aliphatic heterocycles. The number of fused-ring (bicyclic) bond motifs is 1. The van der Waals surface area contributed by atoms with Crippen LogP contribution in [0, 0.1) is 12.3 Å². The van der Waals surface area contributed by atoms with Crippen LogP contribution >= 0.6 is 0 Å². The highest BCUT2D eigenvalue weighted by Crippen LogP contribution is 2.46. The van der Waals surface area contributed by atoms with Crippen LogP contribution in [0.1, 0.15) is 64.9 Å². The first-order valence-corrected chi connectivity index (χ1v) is 14.1. The molecule has 5 nitrogen and oxygen atoms in total. The molecule has 5 heteroatoms. The van der Waals surface area contributed by atoms with Crippen molar-refractivity contribution in [2.45, 2.75) is 46.6 Å². The number of hydrogen-bond acceptors (Lipinski definition) is 3. The highest BCUT2D eigenvalue weighted by Gasteiger charge is 2.38. The van der Waals surface area contributed by atoms with Gasteiger partial charge in [-0.15, -0.1) is 0 Å². The molecule has 0 unspecified atom stereocenters. The highest BCUT2D eigenvalue weighted by molar-refractivity contribution is 5.95. The molecule has 2 aliphatic rings. The lowest BCUT2D eigenvalue weighted by atomic mass is 9.67. The topological polar surface area (TPSA) is 49.9 Å². The summed E-state index contributed by atoms with van der Waals surface area (Å²) in [5.74, 6) is 0.0726. The summed E-state index contributed by atoms with van der Waals surface area (Å²) in [6.07, 6.45) is 4.96. The molecule has 1 fully saturated rings. The van der Waals surface area contributed by atoms with Crippen molar-refractivity contribution in [3.63, 3.8) is 0 Å². The number of piperidine rings is 1. The van der Waals surface area contributed by atoms with Gasteiger partial charge in [-0.1, -0.05) is 72.3 Å². The van der Waals surface area contributed by atoms with Gasteiger partial charge >= 0.3 is 6.09 Å². The van der Waals surface area contributed by atoms with Crippen LogP contribution in [0.2, 0.25) is 0 Å².